The van der Waals surface area contributed by atoms with Crippen LogP contribution in [0.25, 0.3) is 0 Å². The number of aryl methyl sites for hydroxylation is 1. The molecule has 1 amide bonds. The van der Waals surface area contributed by atoms with Crippen molar-refractivity contribution in [1.29, 1.82) is 0 Å². The van der Waals surface area contributed by atoms with Crippen LogP contribution in [0.5, 0.6) is 0 Å². The van der Waals surface area contributed by atoms with Gasteiger partial charge in [-0.2, -0.15) is 0 Å². The minimum atomic E-state index is -0.982. The Morgan fingerprint density at radius 2 is 1.71 bits per heavy atom. The average Bonchev–Trinajstić information content (AvgIpc) is 2.68. The number of nitrogens with one attached hydrogen (secondary N) is 1. The van der Waals surface area contributed by atoms with Crippen molar-refractivity contribution in [1.82, 2.24) is 0 Å². The second kappa shape index (κ2) is 8.76. The van der Waals surface area contributed by atoms with Crippen molar-refractivity contribution in [2.45, 2.75) is 13.8 Å². The average molecular weight is 386 g/mol. The van der Waals surface area contributed by atoms with Crippen LogP contribution in [-0.4, -0.2) is 36.5 Å². The molecule has 0 aliphatic heterocycles. The highest BCUT2D eigenvalue weighted by molar-refractivity contribution is 5.98. The van der Waals surface area contributed by atoms with Crippen LogP contribution >= 0.6 is 0 Å². The van der Waals surface area contributed by atoms with Crippen molar-refractivity contribution < 1.29 is 28.8 Å². The maximum atomic E-state index is 12.2. The number of carbonyl (C=O) groups is 3. The molecule has 2 aromatic carbocycles. The Kier molecular flexibility index (Phi) is 6.43. The summed E-state index contributed by atoms with van der Waals surface area (Å²) in [6.07, 6.45) is 0. The molecule has 0 saturated carbocycles. The highest BCUT2D eigenvalue weighted by atomic mass is 16.6. The first-order chi connectivity index (χ1) is 13.2. The lowest BCUT2D eigenvalue weighted by Gasteiger charge is -2.11. The summed E-state index contributed by atoms with van der Waals surface area (Å²) in [6.45, 7) is 3.14. The summed E-state index contributed by atoms with van der Waals surface area (Å²) in [5.41, 5.74) is 1.56. The Bertz CT molecular complexity index is 953. The van der Waals surface area contributed by atoms with Crippen molar-refractivity contribution in [3.05, 3.63) is 68.8 Å². The monoisotopic (exact) mass is 386 g/mol. The number of ether oxygens (including phenoxy) is 2. The molecule has 0 fully saturated rings. The summed E-state index contributed by atoms with van der Waals surface area (Å²) in [4.78, 5) is 46.1. The van der Waals surface area contributed by atoms with E-state index in [-0.39, 0.29) is 11.1 Å². The van der Waals surface area contributed by atoms with Gasteiger partial charge in [0.15, 0.2) is 6.61 Å². The van der Waals surface area contributed by atoms with Gasteiger partial charge in [-0.1, -0.05) is 12.1 Å². The van der Waals surface area contributed by atoms with Crippen molar-refractivity contribution in [2.75, 3.05) is 19.0 Å². The third-order valence-corrected chi connectivity index (χ3v) is 4.00. The SMILES string of the molecule is COC(=O)c1cc(C(=O)OCC(=O)Nc2cccc(C)c2C)cc([N+](=O)[O-])c1. The predicted molar refractivity (Wildman–Crippen MR) is 99.3 cm³/mol. The molecule has 0 heterocycles. The van der Waals surface area contributed by atoms with Crippen LogP contribution < -0.4 is 5.32 Å². The maximum Gasteiger partial charge on any atom is 0.338 e. The van der Waals surface area contributed by atoms with E-state index in [2.05, 4.69) is 10.1 Å². The molecule has 0 atom stereocenters. The highest BCUT2D eigenvalue weighted by Gasteiger charge is 2.20. The first kappa shape index (κ1) is 20.6. The van der Waals surface area contributed by atoms with Gasteiger partial charge in [-0.15, -0.1) is 0 Å². The summed E-state index contributed by atoms with van der Waals surface area (Å²) in [7, 11) is 1.11. The van der Waals surface area contributed by atoms with E-state index >= 15 is 0 Å². The largest absolute Gasteiger partial charge is 0.465 e. The summed E-state index contributed by atoms with van der Waals surface area (Å²) < 4.78 is 9.42. The minimum absolute atomic E-state index is 0.177. The number of anilines is 1. The zero-order chi connectivity index (χ0) is 20.8. The summed E-state index contributed by atoms with van der Waals surface area (Å²) >= 11 is 0. The number of non-ortho nitro benzene ring substituents is 1. The van der Waals surface area contributed by atoms with Crippen molar-refractivity contribution in [3.63, 3.8) is 0 Å². The zero-order valence-electron chi connectivity index (χ0n) is 15.5. The maximum absolute atomic E-state index is 12.2. The molecule has 146 valence electrons. The van der Waals surface area contributed by atoms with Gasteiger partial charge in [0.25, 0.3) is 11.6 Å². The number of nitro benzene ring substituents is 1. The van der Waals surface area contributed by atoms with Gasteiger partial charge in [0, 0.05) is 17.8 Å². The van der Waals surface area contributed by atoms with E-state index in [1.165, 1.54) is 0 Å². The third kappa shape index (κ3) is 4.91. The zero-order valence-corrected chi connectivity index (χ0v) is 15.5. The lowest BCUT2D eigenvalue weighted by atomic mass is 10.1. The Morgan fingerprint density at radius 3 is 2.32 bits per heavy atom. The Morgan fingerprint density at radius 1 is 1.07 bits per heavy atom. The number of methoxy groups -OCH3 is 1. The second-order valence-electron chi connectivity index (χ2n) is 5.89. The molecule has 1 N–H and O–H groups in total. The van der Waals surface area contributed by atoms with Crippen LogP contribution in [0.4, 0.5) is 11.4 Å². The van der Waals surface area contributed by atoms with Gasteiger partial charge in [0.1, 0.15) is 0 Å². The molecule has 0 aliphatic carbocycles. The number of amides is 1. The summed E-state index contributed by atoms with van der Waals surface area (Å²) in [5.74, 6) is -2.39. The highest BCUT2D eigenvalue weighted by Crippen LogP contribution is 2.20. The van der Waals surface area contributed by atoms with Crippen LogP contribution in [0, 0.1) is 24.0 Å². The van der Waals surface area contributed by atoms with E-state index in [0.717, 1.165) is 36.4 Å². The van der Waals surface area contributed by atoms with Gasteiger partial charge in [-0.25, -0.2) is 9.59 Å². The van der Waals surface area contributed by atoms with Crippen LogP contribution in [0.15, 0.2) is 36.4 Å². The van der Waals surface area contributed by atoms with Crippen molar-refractivity contribution in [2.24, 2.45) is 0 Å². The molecule has 0 spiro atoms. The fourth-order valence-corrected chi connectivity index (χ4v) is 2.36. The number of hydrogen-bond acceptors (Lipinski definition) is 7. The first-order valence-electron chi connectivity index (χ1n) is 8.14. The molecule has 0 aromatic heterocycles. The van der Waals surface area contributed by atoms with Crippen LogP contribution in [0.1, 0.15) is 31.8 Å². The number of hydrogen-bond donors (Lipinski definition) is 1. The number of benzene rings is 2. The van der Waals surface area contributed by atoms with Gasteiger partial charge < -0.3 is 14.8 Å². The van der Waals surface area contributed by atoms with Gasteiger partial charge in [0.05, 0.1) is 23.2 Å². The molecule has 28 heavy (non-hydrogen) atoms. The molecular formula is C19H18N2O7. The Hall–Kier alpha value is -3.75. The third-order valence-electron chi connectivity index (χ3n) is 4.00. The van der Waals surface area contributed by atoms with E-state index in [9.17, 15) is 24.5 Å². The number of carbonyl (C=O) groups excluding carboxylic acids is 3. The molecule has 0 radical (unpaired) electrons. The number of nitro groups is 1. The fourth-order valence-electron chi connectivity index (χ4n) is 2.36. The van der Waals surface area contributed by atoms with Crippen molar-refractivity contribution >= 4 is 29.2 Å². The summed E-state index contributed by atoms with van der Waals surface area (Å²) in [5, 5.41) is 13.6. The predicted octanol–water partition coefficient (Wildman–Crippen LogP) is 2.79. The molecule has 0 bridgehead atoms. The van der Waals surface area contributed by atoms with Crippen LogP contribution in [-0.2, 0) is 14.3 Å². The molecular weight excluding hydrogens is 368 g/mol. The summed E-state index contributed by atoms with van der Waals surface area (Å²) in [6, 6.07) is 8.43. The molecule has 0 unspecified atom stereocenters. The van der Waals surface area contributed by atoms with E-state index in [0.29, 0.717) is 5.69 Å². The van der Waals surface area contributed by atoms with E-state index in [4.69, 9.17) is 4.74 Å². The number of esters is 2. The number of rotatable bonds is 6. The standard InChI is InChI=1S/C19H18N2O7/c1-11-5-4-6-16(12(11)2)20-17(22)10-28-19(24)14-7-13(18(23)27-3)8-15(9-14)21(25)26/h4-9H,10H2,1-3H3,(H,20,22). The van der Waals surface area contributed by atoms with Crippen LogP contribution in [0.3, 0.4) is 0 Å². The minimum Gasteiger partial charge on any atom is -0.465 e. The van der Waals surface area contributed by atoms with Gasteiger partial charge in [0.2, 0.25) is 0 Å². The smallest absolute Gasteiger partial charge is 0.338 e. The van der Waals surface area contributed by atoms with Gasteiger partial charge in [-0.05, 0) is 37.1 Å². The van der Waals surface area contributed by atoms with E-state index < -0.39 is 35.1 Å². The molecule has 2 aromatic rings. The van der Waals surface area contributed by atoms with E-state index in [1.54, 1.807) is 12.1 Å². The molecule has 2 rings (SSSR count). The van der Waals surface area contributed by atoms with Gasteiger partial charge in [-0.3, -0.25) is 14.9 Å². The quantitative estimate of drug-likeness (QED) is 0.460. The Labute approximate surface area is 160 Å². The fraction of sp³-hybridized carbons (Fsp3) is 0.211. The lowest BCUT2D eigenvalue weighted by molar-refractivity contribution is -0.384. The second-order valence-corrected chi connectivity index (χ2v) is 5.89. The molecule has 9 nitrogen and oxygen atoms in total. The molecule has 9 heteroatoms. The van der Waals surface area contributed by atoms with E-state index in [1.807, 2.05) is 19.9 Å². The Balaban J connectivity index is 2.10. The normalized spacial score (nSPS) is 10.1. The molecule has 0 aliphatic rings. The molecule has 0 saturated heterocycles. The topological polar surface area (TPSA) is 125 Å². The first-order valence-corrected chi connectivity index (χ1v) is 8.14. The lowest BCUT2D eigenvalue weighted by Crippen LogP contribution is -2.21. The van der Waals surface area contributed by atoms with Crippen LogP contribution in [0.2, 0.25) is 0 Å². The number of nitrogens with zero attached hydrogens (tertiary/aromatic N) is 1. The van der Waals surface area contributed by atoms with Gasteiger partial charge >= 0.3 is 11.9 Å². The van der Waals surface area contributed by atoms with Crippen molar-refractivity contribution in [3.8, 4) is 0 Å².